The quantitative estimate of drug-likeness (QED) is 0.781. The van der Waals surface area contributed by atoms with Crippen molar-refractivity contribution >= 4 is 17.6 Å². The van der Waals surface area contributed by atoms with Crippen LogP contribution in [-0.4, -0.2) is 15.9 Å². The Labute approximate surface area is 96.6 Å². The first-order chi connectivity index (χ1) is 7.66. The highest BCUT2D eigenvalue weighted by atomic mass is 35.5. The standard InChI is InChI=1S/C11H7ClN2O2/c12-8-3-1-2-7(4-8)9-5-10(11(15)16)14-6-13-9/h1-6H,(H,15,16)/p-1. The minimum Gasteiger partial charge on any atom is -0.543 e. The maximum absolute atomic E-state index is 10.6. The van der Waals surface area contributed by atoms with Crippen molar-refractivity contribution in [3.05, 3.63) is 47.4 Å². The molecule has 0 spiro atoms. The summed E-state index contributed by atoms with van der Waals surface area (Å²) in [5.41, 5.74) is 1.08. The van der Waals surface area contributed by atoms with Crippen LogP contribution in [0.1, 0.15) is 10.5 Å². The number of hydrogen-bond donors (Lipinski definition) is 0. The van der Waals surface area contributed by atoms with Crippen LogP contribution in [0.15, 0.2) is 36.7 Å². The molecule has 0 unspecified atom stereocenters. The summed E-state index contributed by atoms with van der Waals surface area (Å²) in [5.74, 6) is -1.33. The van der Waals surface area contributed by atoms with Gasteiger partial charge in [-0.2, -0.15) is 0 Å². The van der Waals surface area contributed by atoms with Gasteiger partial charge in [-0.25, -0.2) is 9.97 Å². The van der Waals surface area contributed by atoms with Gasteiger partial charge < -0.3 is 9.90 Å². The summed E-state index contributed by atoms with van der Waals surface area (Å²) in [6.45, 7) is 0. The van der Waals surface area contributed by atoms with E-state index in [0.29, 0.717) is 10.7 Å². The highest BCUT2D eigenvalue weighted by molar-refractivity contribution is 6.30. The average molecular weight is 234 g/mol. The number of carboxylic acid groups (broad SMARTS) is 1. The molecule has 4 nitrogen and oxygen atoms in total. The zero-order chi connectivity index (χ0) is 11.5. The largest absolute Gasteiger partial charge is 0.543 e. The molecule has 5 heteroatoms. The molecule has 1 aromatic carbocycles. The van der Waals surface area contributed by atoms with Gasteiger partial charge in [0.2, 0.25) is 0 Å². The van der Waals surface area contributed by atoms with Crippen molar-refractivity contribution in [2.24, 2.45) is 0 Å². The highest BCUT2D eigenvalue weighted by Gasteiger charge is 2.02. The minimum absolute atomic E-state index is 0.148. The maximum Gasteiger partial charge on any atom is 0.116 e. The normalized spacial score (nSPS) is 10.1. The Morgan fingerprint density at radius 1 is 1.25 bits per heavy atom. The summed E-state index contributed by atoms with van der Waals surface area (Å²) in [5, 5.41) is 11.2. The Balaban J connectivity index is 2.48. The molecule has 0 fully saturated rings. The molecule has 2 rings (SSSR count). The van der Waals surface area contributed by atoms with Crippen LogP contribution in [0.5, 0.6) is 0 Å². The van der Waals surface area contributed by atoms with E-state index >= 15 is 0 Å². The number of hydrogen-bond acceptors (Lipinski definition) is 4. The summed E-state index contributed by atoms with van der Waals surface area (Å²) >= 11 is 5.83. The zero-order valence-corrected chi connectivity index (χ0v) is 8.81. The molecule has 0 atom stereocenters. The van der Waals surface area contributed by atoms with Crippen LogP contribution in [0.25, 0.3) is 11.3 Å². The first-order valence-corrected chi connectivity index (χ1v) is 4.84. The van der Waals surface area contributed by atoms with Gasteiger partial charge in [0.1, 0.15) is 6.33 Å². The SMILES string of the molecule is O=C([O-])c1cc(-c2cccc(Cl)c2)ncn1. The van der Waals surface area contributed by atoms with Crippen molar-refractivity contribution in [2.75, 3.05) is 0 Å². The monoisotopic (exact) mass is 233 g/mol. The third kappa shape index (κ3) is 2.17. The van der Waals surface area contributed by atoms with Gasteiger partial charge in [0.25, 0.3) is 0 Å². The van der Waals surface area contributed by atoms with Crippen LogP contribution in [-0.2, 0) is 0 Å². The Kier molecular flexibility index (Phi) is 2.83. The van der Waals surface area contributed by atoms with E-state index in [-0.39, 0.29) is 5.69 Å². The van der Waals surface area contributed by atoms with E-state index in [1.54, 1.807) is 24.3 Å². The minimum atomic E-state index is -1.33. The fraction of sp³-hybridized carbons (Fsp3) is 0. The van der Waals surface area contributed by atoms with Crippen molar-refractivity contribution in [2.45, 2.75) is 0 Å². The van der Waals surface area contributed by atoms with Crippen LogP contribution < -0.4 is 5.11 Å². The van der Waals surface area contributed by atoms with E-state index in [1.165, 1.54) is 12.4 Å². The van der Waals surface area contributed by atoms with Crippen molar-refractivity contribution in [3.8, 4) is 11.3 Å². The molecule has 0 saturated heterocycles. The summed E-state index contributed by atoms with van der Waals surface area (Å²) in [6.07, 6.45) is 1.18. The van der Waals surface area contributed by atoms with E-state index < -0.39 is 5.97 Å². The molecule has 16 heavy (non-hydrogen) atoms. The van der Waals surface area contributed by atoms with Crippen LogP contribution in [0.3, 0.4) is 0 Å². The molecule has 0 N–H and O–H groups in total. The topological polar surface area (TPSA) is 65.9 Å². The van der Waals surface area contributed by atoms with Crippen molar-refractivity contribution in [1.82, 2.24) is 9.97 Å². The Hall–Kier alpha value is -1.94. The number of carboxylic acids is 1. The number of aromatic nitrogens is 2. The van der Waals surface area contributed by atoms with Crippen LogP contribution in [0.2, 0.25) is 5.02 Å². The number of carbonyl (C=O) groups excluding carboxylic acids is 1. The molecule has 0 bridgehead atoms. The van der Waals surface area contributed by atoms with Crippen LogP contribution >= 0.6 is 11.6 Å². The first kappa shape index (κ1) is 10.6. The van der Waals surface area contributed by atoms with Gasteiger partial charge in [-0.1, -0.05) is 23.7 Å². The number of carbonyl (C=O) groups is 1. The lowest BCUT2D eigenvalue weighted by molar-refractivity contribution is -0.255. The number of halogens is 1. The summed E-state index contributed by atoms with van der Waals surface area (Å²) in [6, 6.07) is 8.32. The Morgan fingerprint density at radius 3 is 2.75 bits per heavy atom. The molecule has 1 aromatic heterocycles. The summed E-state index contributed by atoms with van der Waals surface area (Å²) in [4.78, 5) is 18.2. The lowest BCUT2D eigenvalue weighted by atomic mass is 10.1. The Morgan fingerprint density at radius 2 is 2.06 bits per heavy atom. The molecule has 0 aliphatic carbocycles. The van der Waals surface area contributed by atoms with Gasteiger partial charge in [-0.3, -0.25) is 0 Å². The highest BCUT2D eigenvalue weighted by Crippen LogP contribution is 2.20. The Bertz CT molecular complexity index is 543. The lowest BCUT2D eigenvalue weighted by Crippen LogP contribution is -2.23. The number of aromatic carboxylic acids is 1. The number of benzene rings is 1. The van der Waals surface area contributed by atoms with Crippen molar-refractivity contribution < 1.29 is 9.90 Å². The number of rotatable bonds is 2. The molecule has 0 saturated carbocycles. The van der Waals surface area contributed by atoms with Crippen LogP contribution in [0.4, 0.5) is 0 Å². The molecule has 0 aliphatic rings. The predicted octanol–water partition coefficient (Wildman–Crippen LogP) is 1.16. The molecule has 80 valence electrons. The molecular weight excluding hydrogens is 228 g/mol. The second kappa shape index (κ2) is 4.28. The fourth-order valence-electron chi connectivity index (χ4n) is 1.27. The van der Waals surface area contributed by atoms with Gasteiger partial charge in [0.15, 0.2) is 0 Å². The van der Waals surface area contributed by atoms with E-state index in [9.17, 15) is 9.90 Å². The molecule has 0 aliphatic heterocycles. The van der Waals surface area contributed by atoms with Gasteiger partial charge >= 0.3 is 0 Å². The third-order valence-electron chi connectivity index (χ3n) is 2.00. The molecular formula is C11H6ClN2O2-. The van der Waals surface area contributed by atoms with E-state index in [1.807, 2.05) is 0 Å². The average Bonchev–Trinajstić information content (AvgIpc) is 2.29. The number of nitrogens with zero attached hydrogens (tertiary/aromatic N) is 2. The molecule has 1 heterocycles. The maximum atomic E-state index is 10.6. The third-order valence-corrected chi connectivity index (χ3v) is 2.23. The second-order valence-corrected chi connectivity index (χ2v) is 3.52. The fourth-order valence-corrected chi connectivity index (χ4v) is 1.46. The molecule has 0 radical (unpaired) electrons. The predicted molar refractivity (Wildman–Crippen MR) is 56.8 cm³/mol. The molecule has 0 amide bonds. The summed E-state index contributed by atoms with van der Waals surface area (Å²) in [7, 11) is 0. The zero-order valence-electron chi connectivity index (χ0n) is 8.05. The van der Waals surface area contributed by atoms with Gasteiger partial charge in [0, 0.05) is 10.6 Å². The first-order valence-electron chi connectivity index (χ1n) is 4.46. The smallest absolute Gasteiger partial charge is 0.116 e. The van der Waals surface area contributed by atoms with Crippen LogP contribution in [0, 0.1) is 0 Å². The lowest BCUT2D eigenvalue weighted by Gasteiger charge is -2.04. The van der Waals surface area contributed by atoms with Gasteiger partial charge in [-0.05, 0) is 18.2 Å². The second-order valence-electron chi connectivity index (χ2n) is 3.09. The van der Waals surface area contributed by atoms with Crippen molar-refractivity contribution in [1.29, 1.82) is 0 Å². The van der Waals surface area contributed by atoms with E-state index in [4.69, 9.17) is 11.6 Å². The van der Waals surface area contributed by atoms with Crippen molar-refractivity contribution in [3.63, 3.8) is 0 Å². The summed E-state index contributed by atoms with van der Waals surface area (Å²) < 4.78 is 0. The van der Waals surface area contributed by atoms with Gasteiger partial charge in [0.05, 0.1) is 17.4 Å². The van der Waals surface area contributed by atoms with E-state index in [0.717, 1.165) is 5.56 Å². The van der Waals surface area contributed by atoms with E-state index in [2.05, 4.69) is 9.97 Å². The van der Waals surface area contributed by atoms with Gasteiger partial charge in [-0.15, -0.1) is 0 Å². The molecule has 2 aromatic rings.